The van der Waals surface area contributed by atoms with Crippen molar-refractivity contribution < 1.29 is 8.42 Å². The molecule has 15 heavy (non-hydrogen) atoms. The van der Waals surface area contributed by atoms with Crippen molar-refractivity contribution in [2.24, 2.45) is 15.5 Å². The van der Waals surface area contributed by atoms with Gasteiger partial charge < -0.3 is 0 Å². The fourth-order valence-electron chi connectivity index (χ4n) is 1.07. The van der Waals surface area contributed by atoms with E-state index in [0.717, 1.165) is 5.56 Å². The van der Waals surface area contributed by atoms with Crippen LogP contribution in [0.4, 0.5) is 0 Å². The van der Waals surface area contributed by atoms with Crippen LogP contribution in [0.2, 0.25) is 0 Å². The molecule has 1 aliphatic heterocycles. The molecule has 77 valence electrons. The lowest BCUT2D eigenvalue weighted by Crippen LogP contribution is -2.20. The van der Waals surface area contributed by atoms with E-state index >= 15 is 0 Å². The largest absolute Gasteiger partial charge is 0.295 e. The van der Waals surface area contributed by atoms with Crippen LogP contribution in [0.3, 0.4) is 0 Å². The minimum absolute atomic E-state index is 0.142. The molecule has 6 nitrogen and oxygen atoms in total. The quantitative estimate of drug-likeness (QED) is 0.711. The van der Waals surface area contributed by atoms with Crippen LogP contribution in [0.5, 0.6) is 0 Å². The van der Waals surface area contributed by atoms with Gasteiger partial charge in [0.15, 0.2) is 0 Å². The highest BCUT2D eigenvalue weighted by molar-refractivity contribution is 8.06. The number of hydrogen-bond donors (Lipinski definition) is 0. The number of sulfone groups is 1. The van der Waals surface area contributed by atoms with Crippen LogP contribution >= 0.6 is 0 Å². The molecule has 0 aromatic heterocycles. The molecule has 1 aliphatic rings. The Balaban J connectivity index is 2.42. The third kappa shape index (κ3) is 1.73. The van der Waals surface area contributed by atoms with Gasteiger partial charge in [-0.3, -0.25) is 0 Å². The lowest BCUT2D eigenvalue weighted by molar-refractivity contribution is 0.606. The molecule has 0 atom stereocenters. The zero-order valence-electron chi connectivity index (χ0n) is 7.82. The summed E-state index contributed by atoms with van der Waals surface area (Å²) in [5, 5.41) is 9.24. The summed E-state index contributed by atoms with van der Waals surface area (Å²) in [6, 6.07) is 6.41. The van der Waals surface area contributed by atoms with Crippen molar-refractivity contribution >= 4 is 15.0 Å². The average molecular weight is 223 g/mol. The van der Waals surface area contributed by atoms with E-state index in [1.807, 2.05) is 6.92 Å². The number of rotatable bonds is 1. The smallest absolute Gasteiger partial charge is 0.215 e. The Morgan fingerprint density at radius 3 is 2.27 bits per heavy atom. The monoisotopic (exact) mass is 223 g/mol. The molecule has 0 spiro atoms. The summed E-state index contributed by atoms with van der Waals surface area (Å²) in [5.41, 5.74) is 4.31. The summed E-state index contributed by atoms with van der Waals surface area (Å²) < 4.78 is 23.6. The molecule has 0 saturated carbocycles. The van der Waals surface area contributed by atoms with Gasteiger partial charge in [0.05, 0.1) is 4.90 Å². The maximum absolute atomic E-state index is 11.8. The summed E-state index contributed by atoms with van der Waals surface area (Å²) in [7, 11) is -3.66. The Kier molecular flexibility index (Phi) is 2.24. The normalized spacial score (nSPS) is 14.9. The Morgan fingerprint density at radius 1 is 1.07 bits per heavy atom. The zero-order chi connectivity index (χ0) is 10.9. The third-order valence-electron chi connectivity index (χ3n) is 1.87. The van der Waals surface area contributed by atoms with Crippen LogP contribution in [-0.2, 0) is 9.84 Å². The summed E-state index contributed by atoms with van der Waals surface area (Å²) >= 11 is 0. The van der Waals surface area contributed by atoms with E-state index in [9.17, 15) is 8.42 Å². The van der Waals surface area contributed by atoms with Gasteiger partial charge >= 0.3 is 0 Å². The van der Waals surface area contributed by atoms with E-state index in [2.05, 4.69) is 21.0 Å². The van der Waals surface area contributed by atoms with Crippen molar-refractivity contribution in [3.05, 3.63) is 29.8 Å². The van der Waals surface area contributed by atoms with Gasteiger partial charge in [-0.25, -0.2) is 8.42 Å². The van der Waals surface area contributed by atoms with Crippen LogP contribution in [0.15, 0.2) is 44.7 Å². The minimum atomic E-state index is -3.66. The highest BCUT2D eigenvalue weighted by atomic mass is 32.2. The molecule has 0 bridgehead atoms. The molecule has 2 rings (SSSR count). The fourth-order valence-corrected chi connectivity index (χ4v) is 2.06. The predicted octanol–water partition coefficient (Wildman–Crippen LogP) is 1.02. The van der Waals surface area contributed by atoms with Crippen LogP contribution in [0.1, 0.15) is 5.56 Å². The van der Waals surface area contributed by atoms with Crippen LogP contribution in [0.25, 0.3) is 0 Å². The molecule has 0 saturated heterocycles. The third-order valence-corrected chi connectivity index (χ3v) is 3.41. The van der Waals surface area contributed by atoms with Gasteiger partial charge in [0.2, 0.25) is 9.84 Å². The van der Waals surface area contributed by atoms with Crippen molar-refractivity contribution in [2.45, 2.75) is 11.8 Å². The highest BCUT2D eigenvalue weighted by Crippen LogP contribution is 2.14. The van der Waals surface area contributed by atoms with E-state index < -0.39 is 9.84 Å². The number of hydrogen-bond acceptors (Lipinski definition) is 5. The van der Waals surface area contributed by atoms with Crippen molar-refractivity contribution in [1.82, 2.24) is 5.43 Å². The van der Waals surface area contributed by atoms with Gasteiger partial charge in [-0.05, 0) is 29.5 Å². The molecule has 0 amide bonds. The number of nitrogens with zero attached hydrogens (tertiary/aromatic N) is 4. The maximum atomic E-state index is 11.8. The Morgan fingerprint density at radius 2 is 1.73 bits per heavy atom. The van der Waals surface area contributed by atoms with Gasteiger partial charge in [-0.15, -0.1) is 0 Å². The first-order chi connectivity index (χ1) is 7.10. The Labute approximate surface area is 86.6 Å². The van der Waals surface area contributed by atoms with Crippen molar-refractivity contribution in [2.75, 3.05) is 0 Å². The van der Waals surface area contributed by atoms with E-state index in [1.165, 1.54) is 12.1 Å². The van der Waals surface area contributed by atoms with Gasteiger partial charge in [0.1, 0.15) is 0 Å². The predicted molar refractivity (Wildman–Crippen MR) is 52.8 cm³/mol. The molecular formula is C8H7N4O2S. The molecule has 0 fully saturated rings. The average Bonchev–Trinajstić information content (AvgIpc) is 2.71. The molecule has 7 heteroatoms. The van der Waals surface area contributed by atoms with Gasteiger partial charge in [0.25, 0.3) is 5.17 Å². The molecule has 0 unspecified atom stereocenters. The first kappa shape index (κ1) is 9.78. The fraction of sp³-hybridized carbons (Fsp3) is 0.125. The van der Waals surface area contributed by atoms with Gasteiger partial charge in [-0.1, -0.05) is 28.2 Å². The minimum Gasteiger partial charge on any atom is -0.215 e. The van der Waals surface area contributed by atoms with Crippen molar-refractivity contribution in [1.29, 1.82) is 0 Å². The van der Waals surface area contributed by atoms with Crippen LogP contribution < -0.4 is 5.43 Å². The summed E-state index contributed by atoms with van der Waals surface area (Å²) in [5.74, 6) is 0. The number of aryl methyl sites for hydroxylation is 1. The second-order valence-corrected chi connectivity index (χ2v) is 4.82. The van der Waals surface area contributed by atoms with Crippen LogP contribution in [0, 0.1) is 6.92 Å². The Hall–Kier alpha value is -1.76. The SMILES string of the molecule is Cc1ccc(S(=O)(=O)C2=NN=N[N]2)cc1. The second kappa shape index (κ2) is 3.43. The first-order valence-corrected chi connectivity index (χ1v) is 5.59. The molecule has 0 aliphatic carbocycles. The zero-order valence-corrected chi connectivity index (χ0v) is 8.64. The van der Waals surface area contributed by atoms with Crippen molar-refractivity contribution in [3.63, 3.8) is 0 Å². The summed E-state index contributed by atoms with van der Waals surface area (Å²) in [6.45, 7) is 1.87. The molecule has 1 aromatic rings. The van der Waals surface area contributed by atoms with E-state index in [4.69, 9.17) is 0 Å². The van der Waals surface area contributed by atoms with Gasteiger partial charge in [-0.2, -0.15) is 0 Å². The van der Waals surface area contributed by atoms with Gasteiger partial charge in [0, 0.05) is 0 Å². The van der Waals surface area contributed by atoms with E-state index in [-0.39, 0.29) is 10.1 Å². The number of benzene rings is 1. The van der Waals surface area contributed by atoms with E-state index in [1.54, 1.807) is 12.1 Å². The summed E-state index contributed by atoms with van der Waals surface area (Å²) in [4.78, 5) is 0.142. The second-order valence-electron chi connectivity index (χ2n) is 2.98. The summed E-state index contributed by atoms with van der Waals surface area (Å²) in [6.07, 6.45) is 0. The standard InChI is InChI=1S/C8H7N4O2S/c1-6-2-4-7(5-3-6)15(13,14)8-9-11-12-10-8/h2-5H,1H3. The lowest BCUT2D eigenvalue weighted by atomic mass is 10.2. The molecule has 1 radical (unpaired) electrons. The molecule has 0 N–H and O–H groups in total. The highest BCUT2D eigenvalue weighted by Gasteiger charge is 2.26. The first-order valence-electron chi connectivity index (χ1n) is 4.11. The lowest BCUT2D eigenvalue weighted by Gasteiger charge is -2.01. The maximum Gasteiger partial charge on any atom is 0.295 e. The van der Waals surface area contributed by atoms with E-state index in [0.29, 0.717) is 0 Å². The van der Waals surface area contributed by atoms with Crippen molar-refractivity contribution in [3.8, 4) is 0 Å². The Bertz CT molecular complexity index is 530. The van der Waals surface area contributed by atoms with Crippen LogP contribution in [-0.4, -0.2) is 13.6 Å². The molecule has 1 aromatic carbocycles. The topological polar surface area (TPSA) is 85.3 Å². The molecular weight excluding hydrogens is 216 g/mol. The number of amidine groups is 1. The molecule has 1 heterocycles.